The van der Waals surface area contributed by atoms with E-state index >= 15 is 0 Å². The van der Waals surface area contributed by atoms with Crippen LogP contribution in [0, 0.1) is 17.1 Å². The zero-order chi connectivity index (χ0) is 21.6. The average Bonchev–Trinajstić information content (AvgIpc) is 3.21. The van der Waals surface area contributed by atoms with Gasteiger partial charge in [0.1, 0.15) is 11.6 Å². The minimum Gasteiger partial charge on any atom is -0.342 e. The third-order valence-electron chi connectivity index (χ3n) is 4.87. The number of hydrogen-bond donors (Lipinski definition) is 2. The van der Waals surface area contributed by atoms with Gasteiger partial charge in [-0.1, -0.05) is 30.3 Å². The number of nitrogens with one attached hydrogen (secondary N) is 2. The first kappa shape index (κ1) is 20.1. The van der Waals surface area contributed by atoms with Crippen molar-refractivity contribution in [2.24, 2.45) is 0 Å². The highest BCUT2D eigenvalue weighted by atomic mass is 19.1. The molecule has 0 unspecified atom stereocenters. The number of fused-ring (bicyclic) bond motifs is 1. The highest BCUT2D eigenvalue weighted by Crippen LogP contribution is 2.15. The van der Waals surface area contributed by atoms with Gasteiger partial charge in [0, 0.05) is 25.2 Å². The van der Waals surface area contributed by atoms with Crippen LogP contribution in [0.5, 0.6) is 0 Å². The number of rotatable bonds is 6. The fourth-order valence-corrected chi connectivity index (χ4v) is 3.30. The van der Waals surface area contributed by atoms with E-state index in [0.717, 1.165) is 22.4 Å². The van der Waals surface area contributed by atoms with Crippen LogP contribution in [0.25, 0.3) is 11.0 Å². The molecular formula is C24H20FN5O. The first-order valence-electron chi connectivity index (χ1n) is 9.85. The average molecular weight is 413 g/mol. The number of halogens is 1. The van der Waals surface area contributed by atoms with Gasteiger partial charge in [-0.15, -0.1) is 0 Å². The number of nitrogens with zero attached hydrogens (tertiary/aromatic N) is 3. The maximum Gasteiger partial charge on any atom is 0.322 e. The summed E-state index contributed by atoms with van der Waals surface area (Å²) in [5.41, 5.74) is 3.63. The maximum absolute atomic E-state index is 13.3. The summed E-state index contributed by atoms with van der Waals surface area (Å²) in [6.45, 7) is 0.714. The van der Waals surface area contributed by atoms with E-state index in [9.17, 15) is 9.18 Å². The second-order valence-electron chi connectivity index (χ2n) is 7.12. The van der Waals surface area contributed by atoms with Crippen molar-refractivity contribution in [3.8, 4) is 6.07 Å². The van der Waals surface area contributed by atoms with E-state index in [2.05, 4.69) is 21.4 Å². The smallest absolute Gasteiger partial charge is 0.322 e. The van der Waals surface area contributed by atoms with Crippen molar-refractivity contribution in [3.63, 3.8) is 0 Å². The monoisotopic (exact) mass is 413 g/mol. The summed E-state index contributed by atoms with van der Waals surface area (Å²) in [6.07, 6.45) is 0.529. The first-order valence-corrected chi connectivity index (χ1v) is 9.85. The summed E-state index contributed by atoms with van der Waals surface area (Å²) in [5.74, 6) is 0.458. The Morgan fingerprint density at radius 1 is 1.10 bits per heavy atom. The van der Waals surface area contributed by atoms with E-state index in [1.807, 2.05) is 24.3 Å². The SMILES string of the molecule is N#Cc1cccc(NC(=O)N(CCc2nc3ccccc3[nH]2)Cc2ccc(F)cc2)c1. The Kier molecular flexibility index (Phi) is 5.90. The van der Waals surface area contributed by atoms with E-state index in [1.165, 1.54) is 12.1 Å². The Balaban J connectivity index is 1.51. The Morgan fingerprint density at radius 3 is 2.68 bits per heavy atom. The molecule has 0 spiro atoms. The topological polar surface area (TPSA) is 84.8 Å². The van der Waals surface area contributed by atoms with Gasteiger partial charge in [0.25, 0.3) is 0 Å². The number of nitriles is 1. The third-order valence-corrected chi connectivity index (χ3v) is 4.87. The molecule has 3 aromatic carbocycles. The predicted molar refractivity (Wildman–Crippen MR) is 117 cm³/mol. The van der Waals surface area contributed by atoms with Crippen LogP contribution in [0.3, 0.4) is 0 Å². The van der Waals surface area contributed by atoms with Crippen molar-refractivity contribution in [3.05, 3.63) is 95.6 Å². The lowest BCUT2D eigenvalue weighted by Gasteiger charge is -2.23. The summed E-state index contributed by atoms with van der Waals surface area (Å²) in [6, 6.07) is 22.3. The number of imidazole rings is 1. The van der Waals surface area contributed by atoms with Crippen LogP contribution in [-0.2, 0) is 13.0 Å². The number of aromatic amines is 1. The molecule has 0 bridgehead atoms. The lowest BCUT2D eigenvalue weighted by atomic mass is 10.2. The van der Waals surface area contributed by atoms with Crippen molar-refractivity contribution in [2.45, 2.75) is 13.0 Å². The Hall–Kier alpha value is -4.18. The van der Waals surface area contributed by atoms with Gasteiger partial charge in [-0.05, 0) is 48.0 Å². The largest absolute Gasteiger partial charge is 0.342 e. The number of H-pyrrole nitrogens is 1. The Morgan fingerprint density at radius 2 is 1.90 bits per heavy atom. The molecule has 0 atom stereocenters. The van der Waals surface area contributed by atoms with Crippen molar-refractivity contribution < 1.29 is 9.18 Å². The molecule has 6 nitrogen and oxygen atoms in total. The fourth-order valence-electron chi connectivity index (χ4n) is 3.30. The van der Waals surface area contributed by atoms with Gasteiger partial charge in [-0.2, -0.15) is 5.26 Å². The highest BCUT2D eigenvalue weighted by molar-refractivity contribution is 5.89. The molecule has 154 valence electrons. The first-order chi connectivity index (χ1) is 15.1. The van der Waals surface area contributed by atoms with Crippen LogP contribution in [0.15, 0.2) is 72.8 Å². The van der Waals surface area contributed by atoms with E-state index in [4.69, 9.17) is 5.26 Å². The van der Waals surface area contributed by atoms with E-state index in [-0.39, 0.29) is 11.8 Å². The van der Waals surface area contributed by atoms with Gasteiger partial charge >= 0.3 is 6.03 Å². The molecule has 0 saturated carbocycles. The number of amides is 2. The lowest BCUT2D eigenvalue weighted by molar-refractivity contribution is 0.209. The molecule has 0 aliphatic carbocycles. The van der Waals surface area contributed by atoms with Gasteiger partial charge < -0.3 is 15.2 Å². The second kappa shape index (κ2) is 9.09. The zero-order valence-corrected chi connectivity index (χ0v) is 16.7. The molecule has 2 N–H and O–H groups in total. The van der Waals surface area contributed by atoms with Gasteiger partial charge in [0.15, 0.2) is 0 Å². The zero-order valence-electron chi connectivity index (χ0n) is 16.7. The molecular weight excluding hydrogens is 393 g/mol. The van der Waals surface area contributed by atoms with Gasteiger partial charge in [0.05, 0.1) is 22.7 Å². The second-order valence-corrected chi connectivity index (χ2v) is 7.12. The number of carbonyl (C=O) groups excluding carboxylic acids is 1. The molecule has 4 aromatic rings. The van der Waals surface area contributed by atoms with Crippen LogP contribution < -0.4 is 5.32 Å². The van der Waals surface area contributed by atoms with Crippen molar-refractivity contribution >= 4 is 22.8 Å². The molecule has 2 amide bonds. The highest BCUT2D eigenvalue weighted by Gasteiger charge is 2.16. The summed E-state index contributed by atoms with van der Waals surface area (Å²) < 4.78 is 13.3. The number of aromatic nitrogens is 2. The van der Waals surface area contributed by atoms with Crippen molar-refractivity contribution in [1.82, 2.24) is 14.9 Å². The Bertz CT molecular complexity index is 1210. The van der Waals surface area contributed by atoms with E-state index in [1.54, 1.807) is 41.3 Å². The summed E-state index contributed by atoms with van der Waals surface area (Å²) in [5, 5.41) is 11.9. The minimum absolute atomic E-state index is 0.310. The summed E-state index contributed by atoms with van der Waals surface area (Å²) in [7, 11) is 0. The minimum atomic E-state index is -0.324. The molecule has 31 heavy (non-hydrogen) atoms. The van der Waals surface area contributed by atoms with Crippen LogP contribution >= 0.6 is 0 Å². The van der Waals surface area contributed by atoms with E-state index < -0.39 is 0 Å². The van der Waals surface area contributed by atoms with Crippen LogP contribution in [0.2, 0.25) is 0 Å². The number of urea groups is 1. The van der Waals surface area contributed by atoms with Crippen LogP contribution in [0.4, 0.5) is 14.9 Å². The number of hydrogen-bond acceptors (Lipinski definition) is 3. The van der Waals surface area contributed by atoms with Crippen LogP contribution in [0.1, 0.15) is 17.0 Å². The summed E-state index contributed by atoms with van der Waals surface area (Å²) >= 11 is 0. The molecule has 0 saturated heterocycles. The normalized spacial score (nSPS) is 10.6. The molecule has 0 aliphatic heterocycles. The van der Waals surface area contributed by atoms with Gasteiger partial charge in [-0.3, -0.25) is 0 Å². The van der Waals surface area contributed by atoms with Crippen molar-refractivity contribution in [2.75, 3.05) is 11.9 Å². The molecule has 1 aromatic heterocycles. The number of carbonyl (C=O) groups is 1. The van der Waals surface area contributed by atoms with E-state index in [0.29, 0.717) is 30.8 Å². The standard InChI is InChI=1S/C24H20FN5O/c25-19-10-8-17(9-11-19)16-30(24(31)27-20-5-3-4-18(14-20)15-26)13-12-23-28-21-6-1-2-7-22(21)29-23/h1-11,14H,12-13,16H2,(H,27,31)(H,28,29). The summed E-state index contributed by atoms with van der Waals surface area (Å²) in [4.78, 5) is 22.5. The molecule has 4 rings (SSSR count). The molecule has 0 aliphatic rings. The number of para-hydroxylation sites is 2. The maximum atomic E-state index is 13.3. The predicted octanol–water partition coefficient (Wildman–Crippen LogP) is 4.85. The molecule has 0 radical (unpaired) electrons. The molecule has 1 heterocycles. The number of benzene rings is 3. The van der Waals surface area contributed by atoms with Gasteiger partial charge in [-0.25, -0.2) is 14.2 Å². The fraction of sp³-hybridized carbons (Fsp3) is 0.125. The molecule has 0 fully saturated rings. The third kappa shape index (κ3) is 5.06. The quantitative estimate of drug-likeness (QED) is 0.474. The molecule has 7 heteroatoms. The lowest BCUT2D eigenvalue weighted by Crippen LogP contribution is -2.36. The number of anilines is 1. The van der Waals surface area contributed by atoms with Crippen LogP contribution in [-0.4, -0.2) is 27.4 Å². The Labute approximate surface area is 179 Å². The van der Waals surface area contributed by atoms with Gasteiger partial charge in [0.2, 0.25) is 0 Å². The van der Waals surface area contributed by atoms with Crippen molar-refractivity contribution in [1.29, 1.82) is 5.26 Å².